The third-order valence-electron chi connectivity index (χ3n) is 4.19. The van der Waals surface area contributed by atoms with Crippen LogP contribution in [0.15, 0.2) is 0 Å². The van der Waals surface area contributed by atoms with Crippen molar-refractivity contribution in [2.75, 3.05) is 36.0 Å². The molecule has 0 spiro atoms. The molecule has 22 heavy (non-hydrogen) atoms. The second-order valence-corrected chi connectivity index (χ2v) is 8.89. The molecule has 1 atom stereocenters. The predicted molar refractivity (Wildman–Crippen MR) is 92.9 cm³/mol. The van der Waals surface area contributed by atoms with Gasteiger partial charge in [0.25, 0.3) is 0 Å². The van der Waals surface area contributed by atoms with Crippen LogP contribution in [0.3, 0.4) is 0 Å². The van der Waals surface area contributed by atoms with Gasteiger partial charge in [0.2, 0.25) is 11.0 Å². The SMILES string of the molecule is CC(C)(C)c1nsc(N2CCCC2C(=O)N2CCSCC2)n1. The molecule has 5 nitrogen and oxygen atoms in total. The summed E-state index contributed by atoms with van der Waals surface area (Å²) in [7, 11) is 0. The van der Waals surface area contributed by atoms with Crippen molar-refractivity contribution in [2.24, 2.45) is 0 Å². The van der Waals surface area contributed by atoms with Crippen LogP contribution >= 0.6 is 23.3 Å². The van der Waals surface area contributed by atoms with E-state index in [-0.39, 0.29) is 17.4 Å². The molecule has 2 saturated heterocycles. The first-order valence-corrected chi connectivity index (χ1v) is 9.87. The molecule has 2 aliphatic heterocycles. The molecule has 1 unspecified atom stereocenters. The van der Waals surface area contributed by atoms with Crippen LogP contribution in [0.1, 0.15) is 39.4 Å². The van der Waals surface area contributed by atoms with Crippen molar-refractivity contribution in [3.8, 4) is 0 Å². The highest BCUT2D eigenvalue weighted by atomic mass is 32.2. The quantitative estimate of drug-likeness (QED) is 0.827. The smallest absolute Gasteiger partial charge is 0.245 e. The second-order valence-electron chi connectivity index (χ2n) is 6.94. The van der Waals surface area contributed by atoms with Gasteiger partial charge in [0.1, 0.15) is 11.9 Å². The van der Waals surface area contributed by atoms with Gasteiger partial charge in [-0.15, -0.1) is 0 Å². The number of thioether (sulfide) groups is 1. The first-order chi connectivity index (χ1) is 10.5. The number of nitrogens with zero attached hydrogens (tertiary/aromatic N) is 4. The summed E-state index contributed by atoms with van der Waals surface area (Å²) in [5.74, 6) is 3.28. The molecule has 1 amide bonds. The summed E-state index contributed by atoms with van der Waals surface area (Å²) in [4.78, 5) is 21.7. The third-order valence-corrected chi connectivity index (χ3v) is 5.89. The molecule has 0 radical (unpaired) electrons. The van der Waals surface area contributed by atoms with Crippen LogP contribution in [-0.4, -0.2) is 57.3 Å². The molecule has 0 N–H and O–H groups in total. The molecular weight excluding hydrogens is 316 g/mol. The van der Waals surface area contributed by atoms with Crippen LogP contribution in [0.4, 0.5) is 5.13 Å². The van der Waals surface area contributed by atoms with Gasteiger partial charge < -0.3 is 9.80 Å². The van der Waals surface area contributed by atoms with Crippen LogP contribution in [0.25, 0.3) is 0 Å². The van der Waals surface area contributed by atoms with Gasteiger partial charge in [-0.05, 0) is 12.8 Å². The first kappa shape index (κ1) is 16.1. The first-order valence-electron chi connectivity index (χ1n) is 7.94. The van der Waals surface area contributed by atoms with E-state index < -0.39 is 0 Å². The van der Waals surface area contributed by atoms with Crippen LogP contribution in [0, 0.1) is 0 Å². The van der Waals surface area contributed by atoms with Crippen LogP contribution < -0.4 is 4.90 Å². The monoisotopic (exact) mass is 340 g/mol. The summed E-state index contributed by atoms with van der Waals surface area (Å²) in [6.45, 7) is 9.05. The van der Waals surface area contributed by atoms with E-state index in [9.17, 15) is 4.79 Å². The fourth-order valence-corrected chi connectivity index (χ4v) is 4.72. The zero-order valence-corrected chi connectivity index (χ0v) is 15.2. The number of carbonyl (C=O) groups is 1. The van der Waals surface area contributed by atoms with E-state index >= 15 is 0 Å². The molecule has 0 saturated carbocycles. The fraction of sp³-hybridized carbons (Fsp3) is 0.800. The Morgan fingerprint density at radius 1 is 1.23 bits per heavy atom. The zero-order chi connectivity index (χ0) is 15.7. The van der Waals surface area contributed by atoms with Crippen LogP contribution in [0.2, 0.25) is 0 Å². The molecule has 2 fully saturated rings. The maximum absolute atomic E-state index is 12.8. The Balaban J connectivity index is 1.75. The summed E-state index contributed by atoms with van der Waals surface area (Å²) in [6, 6.07) is -0.0381. The normalized spacial score (nSPS) is 23.1. The maximum Gasteiger partial charge on any atom is 0.245 e. The standard InChI is InChI=1S/C15H24N4OS2/c1-15(2,3)13-16-14(22-17-13)19-6-4-5-11(19)12(20)18-7-9-21-10-8-18/h11H,4-10H2,1-3H3. The second kappa shape index (κ2) is 6.35. The highest BCUT2D eigenvalue weighted by molar-refractivity contribution is 7.99. The van der Waals surface area contributed by atoms with Crippen LogP contribution in [-0.2, 0) is 10.2 Å². The lowest BCUT2D eigenvalue weighted by Gasteiger charge is -2.32. The summed E-state index contributed by atoms with van der Waals surface area (Å²) < 4.78 is 4.50. The molecule has 3 heterocycles. The van der Waals surface area contributed by atoms with Gasteiger partial charge in [0.05, 0.1) is 0 Å². The molecule has 0 aromatic carbocycles. The number of carbonyl (C=O) groups excluding carboxylic acids is 1. The van der Waals surface area contributed by atoms with Crippen molar-refractivity contribution < 1.29 is 4.79 Å². The maximum atomic E-state index is 12.8. The Hall–Kier alpha value is -0.820. The van der Waals surface area contributed by atoms with E-state index in [1.54, 1.807) is 0 Å². The van der Waals surface area contributed by atoms with Crippen LogP contribution in [0.5, 0.6) is 0 Å². The number of anilines is 1. The molecule has 1 aromatic heterocycles. The van der Waals surface area contributed by atoms with Gasteiger partial charge >= 0.3 is 0 Å². The number of rotatable bonds is 2. The predicted octanol–water partition coefficient (Wildman–Crippen LogP) is 2.38. The minimum Gasteiger partial charge on any atom is -0.339 e. The lowest BCUT2D eigenvalue weighted by Crippen LogP contribution is -2.48. The zero-order valence-electron chi connectivity index (χ0n) is 13.5. The van der Waals surface area contributed by atoms with E-state index in [4.69, 9.17) is 4.98 Å². The van der Waals surface area contributed by atoms with E-state index in [1.807, 2.05) is 16.7 Å². The van der Waals surface area contributed by atoms with E-state index in [1.165, 1.54) is 11.5 Å². The fourth-order valence-electron chi connectivity index (χ4n) is 2.88. The van der Waals surface area contributed by atoms with Crippen molar-refractivity contribution in [1.82, 2.24) is 14.3 Å². The molecule has 0 aliphatic carbocycles. The lowest BCUT2D eigenvalue weighted by atomic mass is 9.96. The van der Waals surface area contributed by atoms with Gasteiger partial charge in [-0.2, -0.15) is 16.1 Å². The van der Waals surface area contributed by atoms with Gasteiger partial charge in [-0.3, -0.25) is 4.79 Å². The number of hydrogen-bond donors (Lipinski definition) is 0. The summed E-state index contributed by atoms with van der Waals surface area (Å²) >= 11 is 3.37. The van der Waals surface area contributed by atoms with E-state index in [0.29, 0.717) is 0 Å². The summed E-state index contributed by atoms with van der Waals surface area (Å²) in [5, 5.41) is 0.909. The average molecular weight is 341 g/mol. The average Bonchev–Trinajstić information content (AvgIpc) is 3.15. The molecule has 1 aromatic rings. The minimum absolute atomic E-state index is 0.0381. The number of hydrogen-bond acceptors (Lipinski definition) is 6. The van der Waals surface area contributed by atoms with Crippen molar-refractivity contribution in [2.45, 2.75) is 45.1 Å². The van der Waals surface area contributed by atoms with Crippen molar-refractivity contribution in [3.63, 3.8) is 0 Å². The Morgan fingerprint density at radius 3 is 2.59 bits per heavy atom. The Kier molecular flexibility index (Phi) is 4.64. The number of amides is 1. The third kappa shape index (κ3) is 3.25. The Morgan fingerprint density at radius 2 is 1.95 bits per heavy atom. The molecular formula is C15H24N4OS2. The molecule has 2 aliphatic rings. The molecule has 3 rings (SSSR count). The van der Waals surface area contributed by atoms with Gasteiger partial charge in [0, 0.05) is 48.1 Å². The Labute approximate surface area is 140 Å². The van der Waals surface area contributed by atoms with Gasteiger partial charge in [0.15, 0.2) is 0 Å². The highest BCUT2D eigenvalue weighted by Crippen LogP contribution is 2.31. The number of aromatic nitrogens is 2. The highest BCUT2D eigenvalue weighted by Gasteiger charge is 2.36. The molecule has 0 bridgehead atoms. The topological polar surface area (TPSA) is 49.3 Å². The summed E-state index contributed by atoms with van der Waals surface area (Å²) in [6.07, 6.45) is 2.00. The van der Waals surface area contributed by atoms with Gasteiger partial charge in [-0.25, -0.2) is 4.98 Å². The van der Waals surface area contributed by atoms with E-state index in [2.05, 4.69) is 30.0 Å². The van der Waals surface area contributed by atoms with Crippen molar-refractivity contribution in [1.29, 1.82) is 0 Å². The van der Waals surface area contributed by atoms with Crippen molar-refractivity contribution in [3.05, 3.63) is 5.82 Å². The Bertz CT molecular complexity index is 534. The van der Waals surface area contributed by atoms with Crippen molar-refractivity contribution >= 4 is 34.3 Å². The largest absolute Gasteiger partial charge is 0.339 e. The van der Waals surface area contributed by atoms with E-state index in [0.717, 1.165) is 54.9 Å². The summed E-state index contributed by atoms with van der Waals surface area (Å²) in [5.41, 5.74) is -0.0436. The lowest BCUT2D eigenvalue weighted by molar-refractivity contribution is -0.132. The molecule has 7 heteroatoms. The minimum atomic E-state index is -0.0436. The van der Waals surface area contributed by atoms with Gasteiger partial charge in [-0.1, -0.05) is 20.8 Å². The molecule has 122 valence electrons.